The second-order valence-electron chi connectivity index (χ2n) is 6.01. The molecular weight excluding hydrogens is 309 g/mol. The van der Waals surface area contributed by atoms with Crippen molar-refractivity contribution < 1.29 is 23.0 Å². The number of aliphatic hydroxyl groups is 1. The standard InChI is InChI=1S/C16H23F3N2O2/c1-12(2)23-10-13(22)9-20-7-8-21(11-16(17,18)19)15-6-4-3-5-14(15)20/h3-6,12-13,22H,7-11H2,1-2H3. The van der Waals surface area contributed by atoms with Crippen molar-refractivity contribution in [3.63, 3.8) is 0 Å². The maximum absolute atomic E-state index is 12.7. The van der Waals surface area contributed by atoms with Crippen molar-refractivity contribution in [2.45, 2.75) is 32.2 Å². The third-order valence-corrected chi connectivity index (χ3v) is 3.63. The lowest BCUT2D eigenvalue weighted by Gasteiger charge is -2.39. The van der Waals surface area contributed by atoms with Gasteiger partial charge < -0.3 is 19.6 Å². The van der Waals surface area contributed by atoms with Crippen LogP contribution in [0.3, 0.4) is 0 Å². The summed E-state index contributed by atoms with van der Waals surface area (Å²) in [6.07, 6.45) is -4.89. The number of ether oxygens (including phenoxy) is 1. The summed E-state index contributed by atoms with van der Waals surface area (Å²) in [7, 11) is 0. The summed E-state index contributed by atoms with van der Waals surface area (Å²) in [6.45, 7) is 4.07. The molecule has 0 saturated carbocycles. The quantitative estimate of drug-likeness (QED) is 0.869. The molecule has 1 aliphatic heterocycles. The molecule has 0 fully saturated rings. The predicted molar refractivity (Wildman–Crippen MR) is 84.0 cm³/mol. The first-order valence-corrected chi connectivity index (χ1v) is 7.71. The van der Waals surface area contributed by atoms with E-state index in [0.717, 1.165) is 0 Å². The average molecular weight is 332 g/mol. The Bertz CT molecular complexity index is 508. The van der Waals surface area contributed by atoms with Gasteiger partial charge in [-0.2, -0.15) is 13.2 Å². The number of halogens is 3. The van der Waals surface area contributed by atoms with Gasteiger partial charge in [-0.1, -0.05) is 12.1 Å². The fraction of sp³-hybridized carbons (Fsp3) is 0.625. The lowest BCUT2D eigenvalue weighted by atomic mass is 10.1. The Morgan fingerprint density at radius 1 is 1.13 bits per heavy atom. The Hall–Kier alpha value is -1.47. The zero-order valence-electron chi connectivity index (χ0n) is 13.4. The first-order chi connectivity index (χ1) is 10.8. The molecule has 0 bridgehead atoms. The van der Waals surface area contributed by atoms with Crippen LogP contribution in [0.2, 0.25) is 0 Å². The molecule has 130 valence electrons. The van der Waals surface area contributed by atoms with E-state index in [9.17, 15) is 18.3 Å². The molecular formula is C16H23F3N2O2. The fourth-order valence-corrected chi connectivity index (χ4v) is 2.66. The maximum atomic E-state index is 12.7. The topological polar surface area (TPSA) is 35.9 Å². The Labute approximate surface area is 134 Å². The normalized spacial score (nSPS) is 16.7. The van der Waals surface area contributed by atoms with Crippen molar-refractivity contribution in [1.82, 2.24) is 0 Å². The number of para-hydroxylation sites is 2. The van der Waals surface area contributed by atoms with E-state index in [2.05, 4.69) is 0 Å². The van der Waals surface area contributed by atoms with Gasteiger partial charge >= 0.3 is 6.18 Å². The van der Waals surface area contributed by atoms with Gasteiger partial charge in [-0.25, -0.2) is 0 Å². The van der Waals surface area contributed by atoms with Gasteiger partial charge in [-0.05, 0) is 26.0 Å². The van der Waals surface area contributed by atoms with Crippen LogP contribution >= 0.6 is 0 Å². The van der Waals surface area contributed by atoms with Crippen molar-refractivity contribution >= 4 is 11.4 Å². The highest BCUT2D eigenvalue weighted by Gasteiger charge is 2.34. The van der Waals surface area contributed by atoms with Crippen LogP contribution in [-0.4, -0.2) is 56.3 Å². The molecule has 1 unspecified atom stereocenters. The van der Waals surface area contributed by atoms with E-state index in [1.165, 1.54) is 4.90 Å². The maximum Gasteiger partial charge on any atom is 0.405 e. The molecule has 7 heteroatoms. The first kappa shape index (κ1) is 17.9. The van der Waals surface area contributed by atoms with Gasteiger partial charge in [0.05, 0.1) is 30.2 Å². The minimum Gasteiger partial charge on any atom is -0.389 e. The van der Waals surface area contributed by atoms with Gasteiger partial charge in [0.15, 0.2) is 0 Å². The van der Waals surface area contributed by atoms with Crippen LogP contribution in [0.15, 0.2) is 24.3 Å². The minimum absolute atomic E-state index is 0.0283. The van der Waals surface area contributed by atoms with Gasteiger partial charge in [-0.3, -0.25) is 0 Å². The Kier molecular flexibility index (Phi) is 5.75. The Morgan fingerprint density at radius 3 is 2.26 bits per heavy atom. The number of fused-ring (bicyclic) bond motifs is 1. The summed E-state index contributed by atoms with van der Waals surface area (Å²) in [6, 6.07) is 6.99. The monoisotopic (exact) mass is 332 g/mol. The van der Waals surface area contributed by atoms with Crippen LogP contribution < -0.4 is 9.80 Å². The van der Waals surface area contributed by atoms with Crippen LogP contribution in [0.4, 0.5) is 24.5 Å². The molecule has 2 rings (SSSR count). The lowest BCUT2D eigenvalue weighted by molar-refractivity contribution is -0.119. The Balaban J connectivity index is 2.07. The molecule has 0 aliphatic carbocycles. The number of anilines is 2. The number of hydrogen-bond donors (Lipinski definition) is 1. The molecule has 1 N–H and O–H groups in total. The van der Waals surface area contributed by atoms with Crippen molar-refractivity contribution in [3.05, 3.63) is 24.3 Å². The van der Waals surface area contributed by atoms with Crippen LogP contribution in [-0.2, 0) is 4.74 Å². The zero-order chi connectivity index (χ0) is 17.0. The summed E-state index contributed by atoms with van der Waals surface area (Å²) in [5, 5.41) is 10.1. The van der Waals surface area contributed by atoms with Gasteiger partial charge in [0, 0.05) is 19.6 Å². The lowest BCUT2D eigenvalue weighted by Crippen LogP contribution is -2.47. The number of nitrogens with zero attached hydrogens (tertiary/aromatic N) is 2. The second kappa shape index (κ2) is 7.40. The van der Waals surface area contributed by atoms with E-state index in [1.54, 1.807) is 24.3 Å². The molecule has 23 heavy (non-hydrogen) atoms. The second-order valence-corrected chi connectivity index (χ2v) is 6.01. The van der Waals surface area contributed by atoms with Crippen molar-refractivity contribution in [3.8, 4) is 0 Å². The van der Waals surface area contributed by atoms with Crippen LogP contribution in [0, 0.1) is 0 Å². The van der Waals surface area contributed by atoms with Crippen LogP contribution in [0.5, 0.6) is 0 Å². The van der Waals surface area contributed by atoms with Crippen molar-refractivity contribution in [2.75, 3.05) is 42.6 Å². The van der Waals surface area contributed by atoms with Crippen LogP contribution in [0.1, 0.15) is 13.8 Å². The smallest absolute Gasteiger partial charge is 0.389 e. The highest BCUT2D eigenvalue weighted by atomic mass is 19.4. The molecule has 1 heterocycles. The summed E-state index contributed by atoms with van der Waals surface area (Å²) < 4.78 is 43.5. The number of benzene rings is 1. The minimum atomic E-state index is -4.24. The number of β-amino-alcohol motifs (C(OH)–C–C–N with tert-alkyl or cyclic N) is 1. The molecule has 4 nitrogen and oxygen atoms in total. The number of aliphatic hydroxyl groups excluding tert-OH is 1. The molecule has 0 saturated heterocycles. The van der Waals surface area contributed by atoms with Gasteiger partial charge in [0.1, 0.15) is 6.54 Å². The van der Waals surface area contributed by atoms with E-state index in [-0.39, 0.29) is 19.3 Å². The molecule has 1 aromatic rings. The average Bonchev–Trinajstić information content (AvgIpc) is 2.46. The molecule has 1 atom stereocenters. The fourth-order valence-electron chi connectivity index (χ4n) is 2.66. The number of hydrogen-bond acceptors (Lipinski definition) is 4. The number of alkyl halides is 3. The first-order valence-electron chi connectivity index (χ1n) is 7.71. The van der Waals surface area contributed by atoms with E-state index in [0.29, 0.717) is 24.5 Å². The third kappa shape index (κ3) is 5.28. The van der Waals surface area contributed by atoms with E-state index >= 15 is 0 Å². The van der Waals surface area contributed by atoms with E-state index in [1.807, 2.05) is 18.7 Å². The molecule has 1 aliphatic rings. The molecule has 0 aromatic heterocycles. The largest absolute Gasteiger partial charge is 0.405 e. The highest BCUT2D eigenvalue weighted by Crippen LogP contribution is 2.34. The Morgan fingerprint density at radius 2 is 1.70 bits per heavy atom. The predicted octanol–water partition coefficient (Wildman–Crippen LogP) is 2.66. The van der Waals surface area contributed by atoms with Gasteiger partial charge in [-0.15, -0.1) is 0 Å². The SMILES string of the molecule is CC(C)OCC(O)CN1CCN(CC(F)(F)F)c2ccccc21. The van der Waals surface area contributed by atoms with Gasteiger partial charge in [0.2, 0.25) is 0 Å². The zero-order valence-corrected chi connectivity index (χ0v) is 13.4. The summed E-state index contributed by atoms with van der Waals surface area (Å²) >= 11 is 0. The molecule has 0 radical (unpaired) electrons. The third-order valence-electron chi connectivity index (χ3n) is 3.63. The van der Waals surface area contributed by atoms with E-state index < -0.39 is 18.8 Å². The van der Waals surface area contributed by atoms with E-state index in [4.69, 9.17) is 4.74 Å². The molecule has 1 aromatic carbocycles. The summed E-state index contributed by atoms with van der Waals surface area (Å²) in [5.41, 5.74) is 1.26. The summed E-state index contributed by atoms with van der Waals surface area (Å²) in [4.78, 5) is 3.25. The number of rotatable bonds is 6. The summed E-state index contributed by atoms with van der Waals surface area (Å²) in [5.74, 6) is 0. The van der Waals surface area contributed by atoms with Gasteiger partial charge in [0.25, 0.3) is 0 Å². The van der Waals surface area contributed by atoms with Crippen LogP contribution in [0.25, 0.3) is 0 Å². The van der Waals surface area contributed by atoms with Crippen molar-refractivity contribution in [2.24, 2.45) is 0 Å². The highest BCUT2D eigenvalue weighted by molar-refractivity contribution is 5.73. The van der Waals surface area contributed by atoms with Crippen molar-refractivity contribution in [1.29, 1.82) is 0 Å². The molecule has 0 spiro atoms. The molecule has 0 amide bonds.